The number of halogens is 1. The average molecular weight is 530 g/mol. The molecule has 9 nitrogen and oxygen atoms in total. The summed E-state index contributed by atoms with van der Waals surface area (Å²) in [4.78, 5) is 15.9. The maximum atomic E-state index is 11.8. The van der Waals surface area contributed by atoms with Gasteiger partial charge >= 0.3 is 0 Å². The predicted octanol–water partition coefficient (Wildman–Crippen LogP) is 3.76. The maximum Gasteiger partial charge on any atom is 0.238 e. The minimum Gasteiger partial charge on any atom is -0.480 e. The van der Waals surface area contributed by atoms with Crippen molar-refractivity contribution < 1.29 is 17.9 Å². The summed E-state index contributed by atoms with van der Waals surface area (Å²) < 4.78 is 38.3. The number of thiophene rings is 1. The third-order valence-corrected chi connectivity index (χ3v) is 6.74. The Balaban J connectivity index is 0.00000132. The number of methoxy groups -OCH3 is 1. The van der Waals surface area contributed by atoms with E-state index in [2.05, 4.69) is 30.5 Å². The Hall–Kier alpha value is -2.02. The van der Waals surface area contributed by atoms with Gasteiger partial charge in [-0.05, 0) is 22.0 Å². The summed E-state index contributed by atoms with van der Waals surface area (Å²) in [7, 11) is -2.07. The van der Waals surface area contributed by atoms with Crippen molar-refractivity contribution in [2.24, 2.45) is 0 Å². The quantitative estimate of drug-likeness (QED) is 0.532. The molecule has 0 bridgehead atoms. The molecule has 0 aliphatic carbocycles. The molecule has 3 aromatic rings. The number of hydrogen-bond acceptors (Lipinski definition) is 9. The van der Waals surface area contributed by atoms with Crippen LogP contribution in [-0.4, -0.2) is 63.0 Å². The number of fused-ring (bicyclic) bond motifs is 1. The van der Waals surface area contributed by atoms with Gasteiger partial charge in [-0.2, -0.15) is 0 Å². The second-order valence-corrected chi connectivity index (χ2v) is 9.87. The lowest BCUT2D eigenvalue weighted by molar-refractivity contribution is 0.122. The standard InChI is InChI=1S/C17H18BrN5O4S2.C2H6/c1-26-16-12(22-29(2,24)25)7-10(8-19-16)13-15-14(11(18)9-28-15)21-17(20-13)23-3-5-27-6-4-23;1-2/h7-9,22H,3-6H2,1-2H3;1-2H3. The molecule has 1 saturated heterocycles. The summed E-state index contributed by atoms with van der Waals surface area (Å²) >= 11 is 5.07. The Morgan fingerprint density at radius 1 is 1.26 bits per heavy atom. The highest BCUT2D eigenvalue weighted by atomic mass is 79.9. The molecule has 1 aliphatic heterocycles. The van der Waals surface area contributed by atoms with Crippen LogP contribution in [0.15, 0.2) is 22.1 Å². The molecule has 0 amide bonds. The molecule has 4 rings (SSSR count). The van der Waals surface area contributed by atoms with E-state index in [9.17, 15) is 8.42 Å². The molecular formula is C19H24BrN5O4S2. The number of nitrogens with zero attached hydrogens (tertiary/aromatic N) is 4. The van der Waals surface area contributed by atoms with Crippen LogP contribution in [0.5, 0.6) is 5.88 Å². The Morgan fingerprint density at radius 2 is 1.97 bits per heavy atom. The maximum absolute atomic E-state index is 11.8. The van der Waals surface area contributed by atoms with Crippen molar-refractivity contribution in [1.82, 2.24) is 15.0 Å². The van der Waals surface area contributed by atoms with Crippen LogP contribution >= 0.6 is 27.3 Å². The van der Waals surface area contributed by atoms with E-state index < -0.39 is 10.0 Å². The molecule has 1 aliphatic rings. The number of rotatable bonds is 5. The molecule has 1 N–H and O–H groups in total. The van der Waals surface area contributed by atoms with Crippen molar-refractivity contribution >= 4 is 59.1 Å². The number of ether oxygens (including phenoxy) is 2. The van der Waals surface area contributed by atoms with E-state index in [4.69, 9.17) is 19.4 Å². The highest BCUT2D eigenvalue weighted by Gasteiger charge is 2.21. The van der Waals surface area contributed by atoms with Crippen LogP contribution in [-0.2, 0) is 14.8 Å². The average Bonchev–Trinajstić information content (AvgIpc) is 3.15. The number of pyridine rings is 1. The number of anilines is 2. The van der Waals surface area contributed by atoms with Crippen molar-refractivity contribution in [2.75, 3.05) is 49.3 Å². The smallest absolute Gasteiger partial charge is 0.238 e. The summed E-state index contributed by atoms with van der Waals surface area (Å²) in [6.45, 7) is 6.64. The zero-order chi connectivity index (χ0) is 22.6. The van der Waals surface area contributed by atoms with Gasteiger partial charge in [0.2, 0.25) is 21.9 Å². The second-order valence-electron chi connectivity index (χ2n) is 6.39. The first-order valence-corrected chi connectivity index (χ1v) is 13.2. The number of nitrogens with one attached hydrogen (secondary N) is 1. The van der Waals surface area contributed by atoms with Crippen LogP contribution in [0, 0.1) is 0 Å². The zero-order valence-corrected chi connectivity index (χ0v) is 20.9. The Labute approximate surface area is 194 Å². The van der Waals surface area contributed by atoms with Gasteiger partial charge in [0.15, 0.2) is 0 Å². The zero-order valence-electron chi connectivity index (χ0n) is 17.7. The lowest BCUT2D eigenvalue weighted by atomic mass is 10.2. The van der Waals surface area contributed by atoms with Gasteiger partial charge in [-0.1, -0.05) is 13.8 Å². The molecule has 12 heteroatoms. The van der Waals surface area contributed by atoms with Crippen LogP contribution in [0.2, 0.25) is 0 Å². The molecular weight excluding hydrogens is 506 g/mol. The number of sulfonamides is 1. The number of aromatic nitrogens is 3. The van der Waals surface area contributed by atoms with Crippen LogP contribution in [0.4, 0.5) is 11.6 Å². The number of hydrogen-bond donors (Lipinski definition) is 1. The second kappa shape index (κ2) is 10.1. The van der Waals surface area contributed by atoms with E-state index in [-0.39, 0.29) is 11.6 Å². The van der Waals surface area contributed by atoms with Gasteiger partial charge in [-0.15, -0.1) is 11.3 Å². The topological polar surface area (TPSA) is 107 Å². The Bertz CT molecular complexity index is 1160. The predicted molar refractivity (Wildman–Crippen MR) is 128 cm³/mol. The van der Waals surface area contributed by atoms with Gasteiger partial charge in [-0.3, -0.25) is 4.72 Å². The minimum absolute atomic E-state index is 0.185. The van der Waals surface area contributed by atoms with E-state index in [0.717, 1.165) is 20.9 Å². The molecule has 31 heavy (non-hydrogen) atoms. The molecule has 0 aromatic carbocycles. The van der Waals surface area contributed by atoms with Crippen LogP contribution in [0.3, 0.4) is 0 Å². The molecule has 4 heterocycles. The van der Waals surface area contributed by atoms with Gasteiger partial charge in [0, 0.05) is 30.2 Å². The largest absolute Gasteiger partial charge is 0.480 e. The van der Waals surface area contributed by atoms with Crippen LogP contribution in [0.1, 0.15) is 13.8 Å². The molecule has 0 saturated carbocycles. The summed E-state index contributed by atoms with van der Waals surface area (Å²) in [6.07, 6.45) is 2.69. The molecule has 0 spiro atoms. The fourth-order valence-corrected chi connectivity index (χ4v) is 5.12. The van der Waals surface area contributed by atoms with Crippen LogP contribution in [0.25, 0.3) is 21.5 Å². The normalized spacial score (nSPS) is 14.2. The summed E-state index contributed by atoms with van der Waals surface area (Å²) in [5.41, 5.74) is 2.39. The highest BCUT2D eigenvalue weighted by Crippen LogP contribution is 2.38. The summed E-state index contributed by atoms with van der Waals surface area (Å²) in [5, 5.41) is 1.96. The fourth-order valence-electron chi connectivity index (χ4n) is 3.00. The lowest BCUT2D eigenvalue weighted by Gasteiger charge is -2.27. The van der Waals surface area contributed by atoms with Gasteiger partial charge in [-0.25, -0.2) is 23.4 Å². The first kappa shape index (κ1) is 23.6. The molecule has 1 fully saturated rings. The van der Waals surface area contributed by atoms with Gasteiger partial charge in [0.05, 0.1) is 41.4 Å². The van der Waals surface area contributed by atoms with Gasteiger partial charge in [0.25, 0.3) is 0 Å². The Kier molecular flexibility index (Phi) is 7.68. The lowest BCUT2D eigenvalue weighted by Crippen LogP contribution is -2.37. The SMILES string of the molecule is CC.COc1ncc(-c2nc(N3CCOCC3)nc3c(Br)csc23)cc1NS(C)(=O)=O. The van der Waals surface area contributed by atoms with Crippen molar-refractivity contribution in [1.29, 1.82) is 0 Å². The van der Waals surface area contributed by atoms with Gasteiger partial charge < -0.3 is 14.4 Å². The van der Waals surface area contributed by atoms with Crippen molar-refractivity contribution in [3.63, 3.8) is 0 Å². The van der Waals surface area contributed by atoms with E-state index in [0.29, 0.717) is 43.5 Å². The van der Waals surface area contributed by atoms with Crippen LogP contribution < -0.4 is 14.4 Å². The molecule has 168 valence electrons. The van der Waals surface area contributed by atoms with Gasteiger partial charge in [0.1, 0.15) is 11.2 Å². The van der Waals surface area contributed by atoms with E-state index in [1.807, 2.05) is 19.2 Å². The number of morpholine rings is 1. The first-order valence-electron chi connectivity index (χ1n) is 9.65. The first-order chi connectivity index (χ1) is 14.9. The molecule has 0 radical (unpaired) electrons. The van der Waals surface area contributed by atoms with E-state index in [1.54, 1.807) is 12.3 Å². The summed E-state index contributed by atoms with van der Waals surface area (Å²) in [6, 6.07) is 1.67. The van der Waals surface area contributed by atoms with Crippen molar-refractivity contribution in [3.05, 3.63) is 22.1 Å². The molecule has 0 atom stereocenters. The molecule has 3 aromatic heterocycles. The van der Waals surface area contributed by atoms with E-state index >= 15 is 0 Å². The fraction of sp³-hybridized carbons (Fsp3) is 0.421. The minimum atomic E-state index is -3.50. The third-order valence-electron chi connectivity index (χ3n) is 4.27. The van der Waals surface area contributed by atoms with E-state index in [1.165, 1.54) is 18.4 Å². The monoisotopic (exact) mass is 529 g/mol. The molecule has 0 unspecified atom stereocenters. The van der Waals surface area contributed by atoms with Crippen molar-refractivity contribution in [2.45, 2.75) is 13.8 Å². The Morgan fingerprint density at radius 3 is 2.61 bits per heavy atom. The van der Waals surface area contributed by atoms with Crippen molar-refractivity contribution in [3.8, 4) is 17.1 Å². The third kappa shape index (κ3) is 5.43. The highest BCUT2D eigenvalue weighted by molar-refractivity contribution is 9.10. The summed E-state index contributed by atoms with van der Waals surface area (Å²) in [5.74, 6) is 0.786.